The number of carbonyl (C=O) groups excluding carboxylic acids is 2. The van der Waals surface area contributed by atoms with Crippen LogP contribution in [0.2, 0.25) is 0 Å². The van der Waals surface area contributed by atoms with E-state index in [9.17, 15) is 9.59 Å². The van der Waals surface area contributed by atoms with Crippen molar-refractivity contribution in [1.82, 2.24) is 4.57 Å². The molecule has 4 aromatic carbocycles. The zero-order valence-corrected chi connectivity index (χ0v) is 19.2. The zero-order chi connectivity index (χ0) is 21.3. The van der Waals surface area contributed by atoms with E-state index in [1.54, 1.807) is 30.3 Å². The Hall–Kier alpha value is -3.02. The van der Waals surface area contributed by atoms with Gasteiger partial charge in [0.05, 0.1) is 11.0 Å². The molecule has 0 saturated carbocycles. The van der Waals surface area contributed by atoms with Gasteiger partial charge in [0.15, 0.2) is 11.6 Å². The van der Waals surface area contributed by atoms with E-state index in [1.807, 2.05) is 24.3 Å². The topological polar surface area (TPSA) is 39.1 Å². The molecule has 0 bridgehead atoms. The lowest BCUT2D eigenvalue weighted by Gasteiger charge is -2.19. The Labute approximate surface area is 194 Å². The van der Waals surface area contributed by atoms with Gasteiger partial charge in [0.1, 0.15) is 0 Å². The fourth-order valence-corrected chi connectivity index (χ4v) is 5.19. The summed E-state index contributed by atoms with van der Waals surface area (Å²) in [6.07, 6.45) is 0. The summed E-state index contributed by atoms with van der Waals surface area (Å²) in [5.74, 6) is -0.217. The number of carbonyl (C=O) groups is 2. The Bertz CT molecular complexity index is 1540. The fraction of sp³-hybridized carbons (Fsp3) is 0. The van der Waals surface area contributed by atoms with E-state index in [4.69, 9.17) is 0 Å². The van der Waals surface area contributed by atoms with E-state index < -0.39 is 0 Å². The third-order valence-corrected chi connectivity index (χ3v) is 6.84. The first-order chi connectivity index (χ1) is 15.0. The van der Waals surface area contributed by atoms with E-state index >= 15 is 0 Å². The Morgan fingerprint density at radius 3 is 1.65 bits per heavy atom. The molecule has 0 unspecified atom stereocenters. The second kappa shape index (κ2) is 6.74. The molecule has 3 nitrogen and oxygen atoms in total. The van der Waals surface area contributed by atoms with Crippen molar-refractivity contribution in [2.45, 2.75) is 0 Å². The third-order valence-electron chi connectivity index (χ3n) is 5.86. The number of rotatable bonds is 1. The lowest BCUT2D eigenvalue weighted by Crippen LogP contribution is -2.21. The molecule has 0 aliphatic heterocycles. The van der Waals surface area contributed by atoms with Crippen LogP contribution in [-0.2, 0) is 0 Å². The molecule has 0 amide bonds. The molecule has 31 heavy (non-hydrogen) atoms. The highest BCUT2D eigenvalue weighted by Crippen LogP contribution is 2.36. The van der Waals surface area contributed by atoms with E-state index in [-0.39, 0.29) is 11.6 Å². The number of hydrogen-bond donors (Lipinski definition) is 0. The number of aromatic nitrogens is 1. The van der Waals surface area contributed by atoms with Gasteiger partial charge in [0.25, 0.3) is 0 Å². The molecule has 5 heteroatoms. The van der Waals surface area contributed by atoms with Gasteiger partial charge in [-0.1, -0.05) is 56.1 Å². The largest absolute Gasteiger partial charge is 0.309 e. The molecule has 0 saturated heterocycles. The molecule has 0 atom stereocenters. The van der Waals surface area contributed by atoms with Crippen LogP contribution in [0.4, 0.5) is 0 Å². The summed E-state index contributed by atoms with van der Waals surface area (Å²) in [5.41, 5.74) is 4.76. The van der Waals surface area contributed by atoms with Crippen molar-refractivity contribution in [3.8, 4) is 5.69 Å². The van der Waals surface area contributed by atoms with Crippen molar-refractivity contribution in [1.29, 1.82) is 0 Å². The van der Waals surface area contributed by atoms with Gasteiger partial charge in [0, 0.05) is 47.7 Å². The van der Waals surface area contributed by atoms with Crippen LogP contribution in [0.5, 0.6) is 0 Å². The summed E-state index contributed by atoms with van der Waals surface area (Å²) in [7, 11) is 0. The maximum atomic E-state index is 13.2. The van der Waals surface area contributed by atoms with Crippen LogP contribution in [0.1, 0.15) is 31.8 Å². The SMILES string of the molecule is O=C1c2ccccc2C(=O)c2cc(-n3c4ccc(Br)cc4c4cc(Br)ccc43)ccc21. The number of hydrogen-bond acceptors (Lipinski definition) is 2. The lowest BCUT2D eigenvalue weighted by atomic mass is 9.84. The van der Waals surface area contributed by atoms with Crippen LogP contribution in [0.25, 0.3) is 27.5 Å². The molecule has 5 aromatic rings. The molecule has 0 radical (unpaired) electrons. The molecule has 1 aliphatic carbocycles. The van der Waals surface area contributed by atoms with Gasteiger partial charge in [-0.05, 0) is 54.6 Å². The zero-order valence-electron chi connectivity index (χ0n) is 16.0. The van der Waals surface area contributed by atoms with Gasteiger partial charge < -0.3 is 4.57 Å². The van der Waals surface area contributed by atoms with Crippen LogP contribution < -0.4 is 0 Å². The van der Waals surface area contributed by atoms with E-state index in [1.165, 1.54) is 0 Å². The first kappa shape index (κ1) is 18.7. The van der Waals surface area contributed by atoms with Crippen molar-refractivity contribution in [2.24, 2.45) is 0 Å². The highest BCUT2D eigenvalue weighted by molar-refractivity contribution is 9.10. The second-order valence-corrected chi connectivity index (χ2v) is 9.42. The highest BCUT2D eigenvalue weighted by Gasteiger charge is 2.29. The standard InChI is InChI=1S/C26H13Br2NO2/c27-14-5-9-23-20(11-14)21-12-15(28)6-10-24(21)29(23)16-7-8-19-22(13-16)26(31)18-4-2-1-3-17(18)25(19)30/h1-13H. The van der Waals surface area contributed by atoms with Gasteiger partial charge in [-0.25, -0.2) is 0 Å². The number of fused-ring (bicyclic) bond motifs is 5. The molecule has 1 aliphatic rings. The molecule has 0 fully saturated rings. The normalized spacial score (nSPS) is 13.0. The monoisotopic (exact) mass is 529 g/mol. The van der Waals surface area contributed by atoms with Crippen molar-refractivity contribution in [2.75, 3.05) is 0 Å². The minimum Gasteiger partial charge on any atom is -0.309 e. The minimum atomic E-state index is -0.113. The van der Waals surface area contributed by atoms with Gasteiger partial charge in [-0.2, -0.15) is 0 Å². The lowest BCUT2D eigenvalue weighted by molar-refractivity contribution is 0.0979. The first-order valence-corrected chi connectivity index (χ1v) is 11.3. The smallest absolute Gasteiger partial charge is 0.194 e. The molecule has 1 aromatic heterocycles. The molecule has 0 spiro atoms. The number of benzene rings is 4. The summed E-state index contributed by atoms with van der Waals surface area (Å²) in [5, 5.41) is 2.22. The van der Waals surface area contributed by atoms with E-state index in [2.05, 4.69) is 60.7 Å². The quantitative estimate of drug-likeness (QED) is 0.228. The van der Waals surface area contributed by atoms with E-state index in [0.29, 0.717) is 22.3 Å². The van der Waals surface area contributed by atoms with Crippen LogP contribution >= 0.6 is 31.9 Å². The molecular formula is C26H13Br2NO2. The number of halogens is 2. The van der Waals surface area contributed by atoms with Gasteiger partial charge in [-0.15, -0.1) is 0 Å². The molecule has 148 valence electrons. The van der Waals surface area contributed by atoms with Crippen molar-refractivity contribution >= 4 is 65.2 Å². The van der Waals surface area contributed by atoms with E-state index in [0.717, 1.165) is 36.4 Å². The molecule has 1 heterocycles. The van der Waals surface area contributed by atoms with Gasteiger partial charge in [-0.3, -0.25) is 9.59 Å². The second-order valence-electron chi connectivity index (χ2n) is 7.59. The van der Waals surface area contributed by atoms with Gasteiger partial charge >= 0.3 is 0 Å². The summed E-state index contributed by atoms with van der Waals surface area (Å²) >= 11 is 7.16. The predicted octanol–water partition coefficient (Wildman–Crippen LogP) is 7.08. The Morgan fingerprint density at radius 1 is 0.548 bits per heavy atom. The van der Waals surface area contributed by atoms with Crippen LogP contribution in [0.15, 0.2) is 87.8 Å². The molecular weight excluding hydrogens is 518 g/mol. The van der Waals surface area contributed by atoms with Crippen LogP contribution in [0.3, 0.4) is 0 Å². The van der Waals surface area contributed by atoms with Crippen molar-refractivity contribution < 1.29 is 9.59 Å². The summed E-state index contributed by atoms with van der Waals surface area (Å²) in [4.78, 5) is 26.2. The fourth-order valence-electron chi connectivity index (χ4n) is 4.47. The van der Waals surface area contributed by atoms with Crippen LogP contribution in [0, 0.1) is 0 Å². The summed E-state index contributed by atoms with van der Waals surface area (Å²) in [6, 6.07) is 24.9. The number of ketones is 2. The minimum absolute atomic E-state index is 0.105. The highest BCUT2D eigenvalue weighted by atomic mass is 79.9. The average Bonchev–Trinajstić information content (AvgIpc) is 3.10. The maximum Gasteiger partial charge on any atom is 0.194 e. The van der Waals surface area contributed by atoms with Gasteiger partial charge in [0.2, 0.25) is 0 Å². The Balaban J connectivity index is 1.65. The van der Waals surface area contributed by atoms with Crippen molar-refractivity contribution in [3.63, 3.8) is 0 Å². The Kier molecular flexibility index (Phi) is 4.07. The number of nitrogens with zero attached hydrogens (tertiary/aromatic N) is 1. The third kappa shape index (κ3) is 2.70. The molecule has 0 N–H and O–H groups in total. The average molecular weight is 531 g/mol. The first-order valence-electron chi connectivity index (χ1n) is 9.75. The molecule has 6 rings (SSSR count). The Morgan fingerprint density at radius 2 is 1.06 bits per heavy atom. The summed E-state index contributed by atoms with van der Waals surface area (Å²) < 4.78 is 4.14. The maximum absolute atomic E-state index is 13.2. The predicted molar refractivity (Wildman–Crippen MR) is 129 cm³/mol. The van der Waals surface area contributed by atoms with Crippen LogP contribution in [-0.4, -0.2) is 16.1 Å². The summed E-state index contributed by atoms with van der Waals surface area (Å²) in [6.45, 7) is 0. The van der Waals surface area contributed by atoms with Crippen molar-refractivity contribution in [3.05, 3.63) is 110 Å².